The third-order valence-electron chi connectivity index (χ3n) is 5.18. The molecule has 1 aliphatic heterocycles. The molecule has 1 aromatic heterocycles. The smallest absolute Gasteiger partial charge is 0.0274 e. The van der Waals surface area contributed by atoms with E-state index in [-0.39, 0.29) is 0 Å². The molecule has 2 heterocycles. The van der Waals surface area contributed by atoms with Gasteiger partial charge in [-0.05, 0) is 61.1 Å². The lowest BCUT2D eigenvalue weighted by atomic mass is 9.87. The van der Waals surface area contributed by atoms with Crippen LogP contribution in [0.5, 0.6) is 0 Å². The third kappa shape index (κ3) is 2.78. The van der Waals surface area contributed by atoms with Crippen molar-refractivity contribution in [2.45, 2.75) is 32.2 Å². The summed E-state index contributed by atoms with van der Waals surface area (Å²) in [5.74, 6) is 0. The number of thiophene rings is 1. The summed E-state index contributed by atoms with van der Waals surface area (Å²) in [6.07, 6.45) is 4.67. The summed E-state index contributed by atoms with van der Waals surface area (Å²) in [4.78, 5) is 5.29. The van der Waals surface area contributed by atoms with E-state index < -0.39 is 0 Å². The molecule has 23 heavy (non-hydrogen) atoms. The van der Waals surface area contributed by atoms with Crippen molar-refractivity contribution in [3.8, 4) is 0 Å². The molecule has 2 nitrogen and oxygen atoms in total. The Morgan fingerprint density at radius 2 is 1.83 bits per heavy atom. The lowest BCUT2D eigenvalue weighted by Crippen LogP contribution is -2.27. The molecule has 1 fully saturated rings. The van der Waals surface area contributed by atoms with Crippen LogP contribution in [0.15, 0.2) is 35.9 Å². The number of hydrogen-bond acceptors (Lipinski definition) is 3. The van der Waals surface area contributed by atoms with E-state index in [9.17, 15) is 0 Å². The standard InChI is InChI=1S/C20H24N2S/c1-22-10-8-15(9-11-22)20-17-5-3-2-4-14(17)6-7-19-18(20)12-16(13-21)23-19/h2-5,12H,6-11,13,21H2,1H3. The minimum absolute atomic E-state index is 0.657. The van der Waals surface area contributed by atoms with E-state index in [0.29, 0.717) is 6.54 Å². The second-order valence-electron chi connectivity index (χ2n) is 6.69. The SMILES string of the molecule is CN1CCC(=C2c3ccccc3CCc3sc(CN)cc32)CC1. The Labute approximate surface area is 142 Å². The number of benzene rings is 1. The van der Waals surface area contributed by atoms with Crippen LogP contribution in [-0.2, 0) is 19.4 Å². The summed E-state index contributed by atoms with van der Waals surface area (Å²) in [7, 11) is 2.23. The topological polar surface area (TPSA) is 29.3 Å². The quantitative estimate of drug-likeness (QED) is 0.864. The van der Waals surface area contributed by atoms with Crippen LogP contribution in [0.25, 0.3) is 5.57 Å². The molecule has 0 amide bonds. The first kappa shape index (κ1) is 15.1. The van der Waals surface area contributed by atoms with Crippen molar-refractivity contribution in [2.24, 2.45) is 5.73 Å². The molecule has 2 aliphatic rings. The highest BCUT2D eigenvalue weighted by molar-refractivity contribution is 7.12. The zero-order valence-corrected chi connectivity index (χ0v) is 14.6. The molecule has 4 rings (SSSR count). The van der Waals surface area contributed by atoms with E-state index in [4.69, 9.17) is 5.73 Å². The Hall–Kier alpha value is -1.42. The Morgan fingerprint density at radius 3 is 2.61 bits per heavy atom. The molecule has 1 saturated heterocycles. The van der Waals surface area contributed by atoms with Gasteiger partial charge in [-0.3, -0.25) is 0 Å². The summed E-state index contributed by atoms with van der Waals surface area (Å²) in [6.45, 7) is 3.00. The van der Waals surface area contributed by atoms with Gasteiger partial charge in [0.1, 0.15) is 0 Å². The Morgan fingerprint density at radius 1 is 1.04 bits per heavy atom. The van der Waals surface area contributed by atoms with Crippen LogP contribution >= 0.6 is 11.3 Å². The lowest BCUT2D eigenvalue weighted by Gasteiger charge is -2.27. The van der Waals surface area contributed by atoms with Gasteiger partial charge >= 0.3 is 0 Å². The van der Waals surface area contributed by atoms with E-state index >= 15 is 0 Å². The monoisotopic (exact) mass is 324 g/mol. The van der Waals surface area contributed by atoms with Gasteiger partial charge in [-0.25, -0.2) is 0 Å². The van der Waals surface area contributed by atoms with Gasteiger partial charge in [0.2, 0.25) is 0 Å². The molecule has 2 N–H and O–H groups in total. The predicted molar refractivity (Wildman–Crippen MR) is 98.8 cm³/mol. The lowest BCUT2D eigenvalue weighted by molar-refractivity contribution is 0.313. The van der Waals surface area contributed by atoms with Crippen molar-refractivity contribution in [1.82, 2.24) is 4.90 Å². The maximum Gasteiger partial charge on any atom is 0.0274 e. The van der Waals surface area contributed by atoms with Gasteiger partial charge in [0.05, 0.1) is 0 Å². The highest BCUT2D eigenvalue weighted by atomic mass is 32.1. The average Bonchev–Trinajstić information content (AvgIpc) is 2.92. The summed E-state index contributed by atoms with van der Waals surface area (Å²) in [6, 6.07) is 11.4. The zero-order chi connectivity index (χ0) is 15.8. The van der Waals surface area contributed by atoms with E-state index in [1.54, 1.807) is 5.57 Å². The van der Waals surface area contributed by atoms with Gasteiger partial charge < -0.3 is 10.6 Å². The molecule has 0 saturated carbocycles. The number of nitrogens with zero attached hydrogens (tertiary/aromatic N) is 1. The van der Waals surface area contributed by atoms with E-state index in [1.165, 1.54) is 57.9 Å². The summed E-state index contributed by atoms with van der Waals surface area (Å²) in [5, 5.41) is 0. The fourth-order valence-corrected chi connectivity index (χ4v) is 4.93. The van der Waals surface area contributed by atoms with Gasteiger partial charge in [-0.1, -0.05) is 29.8 Å². The number of likely N-dealkylation sites (tertiary alicyclic amines) is 1. The van der Waals surface area contributed by atoms with Crippen molar-refractivity contribution >= 4 is 16.9 Å². The maximum atomic E-state index is 5.93. The number of rotatable bonds is 1. The molecule has 0 spiro atoms. The molecule has 0 radical (unpaired) electrons. The Balaban J connectivity index is 1.91. The molecule has 3 heteroatoms. The van der Waals surface area contributed by atoms with Crippen LogP contribution in [-0.4, -0.2) is 25.0 Å². The maximum absolute atomic E-state index is 5.93. The van der Waals surface area contributed by atoms with Crippen LogP contribution in [0.3, 0.4) is 0 Å². The highest BCUT2D eigenvalue weighted by Gasteiger charge is 2.24. The molecule has 0 bridgehead atoms. The first-order valence-corrected chi connectivity index (χ1v) is 9.39. The molecule has 120 valence electrons. The van der Waals surface area contributed by atoms with Gasteiger partial charge in [0, 0.05) is 29.4 Å². The number of hydrogen-bond donors (Lipinski definition) is 1. The number of piperidine rings is 1. The third-order valence-corrected chi connectivity index (χ3v) is 6.40. The molecule has 1 aromatic carbocycles. The average molecular weight is 324 g/mol. The van der Waals surface area contributed by atoms with Crippen molar-refractivity contribution in [1.29, 1.82) is 0 Å². The first-order valence-electron chi connectivity index (χ1n) is 8.57. The number of nitrogens with two attached hydrogens (primary N) is 1. The molecular formula is C20H24N2S. The van der Waals surface area contributed by atoms with Gasteiger partial charge in [0.25, 0.3) is 0 Å². The van der Waals surface area contributed by atoms with E-state index in [1.807, 2.05) is 11.3 Å². The Bertz CT molecular complexity index is 747. The van der Waals surface area contributed by atoms with Crippen LogP contribution < -0.4 is 5.73 Å². The van der Waals surface area contributed by atoms with Crippen LogP contribution in [0, 0.1) is 0 Å². The largest absolute Gasteiger partial charge is 0.326 e. The molecule has 0 unspecified atom stereocenters. The highest BCUT2D eigenvalue weighted by Crippen LogP contribution is 2.41. The predicted octanol–water partition coefficient (Wildman–Crippen LogP) is 3.83. The van der Waals surface area contributed by atoms with Crippen molar-refractivity contribution in [3.05, 3.63) is 62.3 Å². The van der Waals surface area contributed by atoms with Crippen molar-refractivity contribution < 1.29 is 0 Å². The fraction of sp³-hybridized carbons (Fsp3) is 0.400. The zero-order valence-electron chi connectivity index (χ0n) is 13.8. The summed E-state index contributed by atoms with van der Waals surface area (Å²) >= 11 is 1.92. The Kier molecular flexibility index (Phi) is 4.10. The van der Waals surface area contributed by atoms with Crippen LogP contribution in [0.2, 0.25) is 0 Å². The second-order valence-corrected chi connectivity index (χ2v) is 7.91. The van der Waals surface area contributed by atoms with E-state index in [0.717, 1.165) is 12.8 Å². The number of fused-ring (bicyclic) bond motifs is 2. The molecule has 2 aromatic rings. The second kappa shape index (κ2) is 6.23. The first-order chi connectivity index (χ1) is 11.3. The van der Waals surface area contributed by atoms with Crippen LogP contribution in [0.4, 0.5) is 0 Å². The molecular weight excluding hydrogens is 300 g/mol. The molecule has 0 atom stereocenters. The van der Waals surface area contributed by atoms with Crippen LogP contribution in [0.1, 0.15) is 39.3 Å². The summed E-state index contributed by atoms with van der Waals surface area (Å²) < 4.78 is 0. The van der Waals surface area contributed by atoms with E-state index in [2.05, 4.69) is 42.3 Å². The fourth-order valence-electron chi connectivity index (χ4n) is 3.88. The van der Waals surface area contributed by atoms with Gasteiger partial charge in [0.15, 0.2) is 0 Å². The number of aryl methyl sites for hydroxylation is 2. The van der Waals surface area contributed by atoms with Gasteiger partial charge in [-0.2, -0.15) is 0 Å². The summed E-state index contributed by atoms with van der Waals surface area (Å²) in [5.41, 5.74) is 13.5. The van der Waals surface area contributed by atoms with Crippen molar-refractivity contribution in [2.75, 3.05) is 20.1 Å². The minimum Gasteiger partial charge on any atom is -0.326 e. The molecule has 1 aliphatic carbocycles. The van der Waals surface area contributed by atoms with Crippen molar-refractivity contribution in [3.63, 3.8) is 0 Å². The minimum atomic E-state index is 0.657. The van der Waals surface area contributed by atoms with Gasteiger partial charge in [-0.15, -0.1) is 11.3 Å². The normalized spacial score (nSPS) is 18.5.